The Morgan fingerprint density at radius 1 is 1.20 bits per heavy atom. The van der Waals surface area contributed by atoms with Crippen LogP contribution in [-0.4, -0.2) is 40.4 Å². The van der Waals surface area contributed by atoms with Crippen molar-refractivity contribution in [2.75, 3.05) is 18.5 Å². The lowest BCUT2D eigenvalue weighted by Crippen LogP contribution is -2.48. The molecule has 2 N–H and O–H groups in total. The number of aryl methyl sites for hydroxylation is 1. The van der Waals surface area contributed by atoms with Gasteiger partial charge in [-0.1, -0.05) is 18.2 Å². The molecule has 8 heteroatoms. The summed E-state index contributed by atoms with van der Waals surface area (Å²) in [6.07, 6.45) is 5.94. The van der Waals surface area contributed by atoms with Crippen molar-refractivity contribution in [3.05, 3.63) is 42.2 Å². The molecule has 30 heavy (non-hydrogen) atoms. The SMILES string of the molecule is CCn1cc(NC(=O)CCC(=O)NC2CC3(CCOCC3)Oc3ccccc32)cn1. The number of amides is 2. The summed E-state index contributed by atoms with van der Waals surface area (Å²) in [7, 11) is 0. The maximum absolute atomic E-state index is 12.6. The number of anilines is 1. The van der Waals surface area contributed by atoms with E-state index >= 15 is 0 Å². The first-order valence-electron chi connectivity index (χ1n) is 10.5. The van der Waals surface area contributed by atoms with E-state index < -0.39 is 0 Å². The third-order valence-electron chi connectivity index (χ3n) is 5.76. The van der Waals surface area contributed by atoms with Gasteiger partial charge in [0.1, 0.15) is 11.4 Å². The summed E-state index contributed by atoms with van der Waals surface area (Å²) in [5.41, 5.74) is 1.32. The first kappa shape index (κ1) is 20.4. The van der Waals surface area contributed by atoms with Crippen LogP contribution in [0.1, 0.15) is 50.6 Å². The second-order valence-electron chi connectivity index (χ2n) is 7.89. The van der Waals surface area contributed by atoms with E-state index in [-0.39, 0.29) is 36.3 Å². The smallest absolute Gasteiger partial charge is 0.224 e. The van der Waals surface area contributed by atoms with E-state index in [0.717, 1.165) is 30.7 Å². The molecule has 0 bridgehead atoms. The van der Waals surface area contributed by atoms with E-state index in [1.165, 1.54) is 0 Å². The quantitative estimate of drug-likeness (QED) is 0.761. The minimum absolute atomic E-state index is 0.118. The van der Waals surface area contributed by atoms with Crippen LogP contribution in [0.4, 0.5) is 5.69 Å². The highest BCUT2D eigenvalue weighted by atomic mass is 16.5. The van der Waals surface area contributed by atoms with Gasteiger partial charge < -0.3 is 20.1 Å². The van der Waals surface area contributed by atoms with Gasteiger partial charge in [0, 0.05) is 50.4 Å². The van der Waals surface area contributed by atoms with Crippen LogP contribution in [0.15, 0.2) is 36.7 Å². The lowest BCUT2D eigenvalue weighted by atomic mass is 9.82. The zero-order chi connectivity index (χ0) is 21.0. The minimum Gasteiger partial charge on any atom is -0.487 e. The van der Waals surface area contributed by atoms with Gasteiger partial charge in [-0.05, 0) is 13.0 Å². The Morgan fingerprint density at radius 2 is 1.97 bits per heavy atom. The molecule has 1 fully saturated rings. The fourth-order valence-corrected chi connectivity index (χ4v) is 4.11. The zero-order valence-electron chi connectivity index (χ0n) is 17.2. The lowest BCUT2D eigenvalue weighted by molar-refractivity contribution is -0.126. The average molecular weight is 412 g/mol. The van der Waals surface area contributed by atoms with E-state index in [4.69, 9.17) is 9.47 Å². The lowest BCUT2D eigenvalue weighted by Gasteiger charge is -2.44. The second-order valence-corrected chi connectivity index (χ2v) is 7.89. The molecule has 0 aliphatic carbocycles. The summed E-state index contributed by atoms with van der Waals surface area (Å²) in [4.78, 5) is 24.8. The van der Waals surface area contributed by atoms with Crippen molar-refractivity contribution < 1.29 is 19.1 Å². The third kappa shape index (κ3) is 4.64. The predicted molar refractivity (Wildman–Crippen MR) is 111 cm³/mol. The van der Waals surface area contributed by atoms with Gasteiger partial charge >= 0.3 is 0 Å². The van der Waals surface area contributed by atoms with E-state index in [2.05, 4.69) is 15.7 Å². The summed E-state index contributed by atoms with van der Waals surface area (Å²) in [6.45, 7) is 4.04. The van der Waals surface area contributed by atoms with Gasteiger partial charge in [0.2, 0.25) is 11.8 Å². The summed E-state index contributed by atoms with van der Waals surface area (Å²) >= 11 is 0. The van der Waals surface area contributed by atoms with Gasteiger partial charge in [-0.25, -0.2) is 0 Å². The monoisotopic (exact) mass is 412 g/mol. The Bertz CT molecular complexity index is 904. The molecular weight excluding hydrogens is 384 g/mol. The van der Waals surface area contributed by atoms with Crippen LogP contribution in [0.3, 0.4) is 0 Å². The van der Waals surface area contributed by atoms with Crippen LogP contribution >= 0.6 is 0 Å². The molecule has 8 nitrogen and oxygen atoms in total. The van der Waals surface area contributed by atoms with Gasteiger partial charge in [-0.15, -0.1) is 0 Å². The van der Waals surface area contributed by atoms with E-state index in [1.54, 1.807) is 17.1 Å². The topological polar surface area (TPSA) is 94.5 Å². The maximum atomic E-state index is 12.6. The Morgan fingerprint density at radius 3 is 2.73 bits per heavy atom. The molecule has 1 atom stereocenters. The Balaban J connectivity index is 1.35. The summed E-state index contributed by atoms with van der Waals surface area (Å²) in [5.74, 6) is 0.481. The number of hydrogen-bond donors (Lipinski definition) is 2. The van der Waals surface area contributed by atoms with Crippen LogP contribution in [0.5, 0.6) is 5.75 Å². The number of nitrogens with zero attached hydrogens (tertiary/aromatic N) is 2. The summed E-state index contributed by atoms with van der Waals surface area (Å²) in [6, 6.07) is 7.71. The van der Waals surface area contributed by atoms with Crippen LogP contribution < -0.4 is 15.4 Å². The molecule has 4 rings (SSSR count). The van der Waals surface area contributed by atoms with Gasteiger partial charge in [-0.2, -0.15) is 5.10 Å². The van der Waals surface area contributed by atoms with Crippen molar-refractivity contribution in [3.63, 3.8) is 0 Å². The number of fused-ring (bicyclic) bond motifs is 1. The van der Waals surface area contributed by atoms with Crippen LogP contribution in [0, 0.1) is 0 Å². The molecular formula is C22H28N4O4. The molecule has 2 aliphatic rings. The maximum Gasteiger partial charge on any atom is 0.224 e. The average Bonchev–Trinajstić information content (AvgIpc) is 3.20. The minimum atomic E-state index is -0.304. The fourth-order valence-electron chi connectivity index (χ4n) is 4.11. The van der Waals surface area contributed by atoms with Crippen LogP contribution in [-0.2, 0) is 20.9 Å². The highest BCUT2D eigenvalue weighted by Crippen LogP contribution is 2.43. The van der Waals surface area contributed by atoms with Crippen LogP contribution in [0.2, 0.25) is 0 Å². The molecule has 1 spiro atoms. The van der Waals surface area contributed by atoms with Crippen molar-refractivity contribution in [1.29, 1.82) is 0 Å². The molecule has 1 saturated heterocycles. The number of nitrogens with one attached hydrogen (secondary N) is 2. The largest absolute Gasteiger partial charge is 0.487 e. The van der Waals surface area contributed by atoms with Crippen LogP contribution in [0.25, 0.3) is 0 Å². The van der Waals surface area contributed by atoms with E-state index in [9.17, 15) is 9.59 Å². The number of benzene rings is 1. The molecule has 2 aromatic rings. The Hall–Kier alpha value is -2.87. The highest BCUT2D eigenvalue weighted by molar-refractivity contribution is 5.93. The van der Waals surface area contributed by atoms with E-state index in [1.807, 2.05) is 31.2 Å². The molecule has 0 radical (unpaired) electrons. The van der Waals surface area contributed by atoms with Gasteiger partial charge in [0.15, 0.2) is 0 Å². The van der Waals surface area contributed by atoms with Crippen molar-refractivity contribution in [2.24, 2.45) is 0 Å². The fraction of sp³-hybridized carbons (Fsp3) is 0.500. The molecule has 1 unspecified atom stereocenters. The highest BCUT2D eigenvalue weighted by Gasteiger charge is 2.42. The van der Waals surface area contributed by atoms with Crippen molar-refractivity contribution >= 4 is 17.5 Å². The number of hydrogen-bond acceptors (Lipinski definition) is 5. The molecule has 1 aromatic carbocycles. The normalized spacial score (nSPS) is 19.6. The third-order valence-corrected chi connectivity index (χ3v) is 5.76. The van der Waals surface area contributed by atoms with Crippen molar-refractivity contribution in [2.45, 2.75) is 57.2 Å². The van der Waals surface area contributed by atoms with Gasteiger partial charge in [0.05, 0.1) is 31.1 Å². The Labute approximate surface area is 175 Å². The zero-order valence-corrected chi connectivity index (χ0v) is 17.2. The summed E-state index contributed by atoms with van der Waals surface area (Å²) in [5, 5.41) is 10.0. The second kappa shape index (κ2) is 8.87. The molecule has 1 aromatic heterocycles. The number of ether oxygens (including phenoxy) is 2. The van der Waals surface area contributed by atoms with Gasteiger partial charge in [-0.3, -0.25) is 14.3 Å². The molecule has 160 valence electrons. The number of carbonyl (C=O) groups is 2. The molecule has 2 amide bonds. The number of carbonyl (C=O) groups excluding carboxylic acids is 2. The Kier molecular flexibility index (Phi) is 6.03. The number of para-hydroxylation sites is 1. The standard InChI is InChI=1S/C22H28N4O4/c1-2-26-15-16(14-23-26)24-20(27)7-8-21(28)25-18-13-22(9-11-29-12-10-22)30-19-6-4-3-5-17(18)19/h3-6,14-15,18H,2,7-13H2,1H3,(H,24,27)(H,25,28). The van der Waals surface area contributed by atoms with Gasteiger partial charge in [0.25, 0.3) is 0 Å². The van der Waals surface area contributed by atoms with Crippen molar-refractivity contribution in [3.8, 4) is 5.75 Å². The summed E-state index contributed by atoms with van der Waals surface area (Å²) < 4.78 is 13.6. The first-order chi connectivity index (χ1) is 14.6. The molecule has 0 saturated carbocycles. The molecule has 2 aliphatic heterocycles. The number of aromatic nitrogens is 2. The first-order valence-corrected chi connectivity index (χ1v) is 10.5. The predicted octanol–water partition coefficient (Wildman–Crippen LogP) is 2.81. The van der Waals surface area contributed by atoms with Crippen molar-refractivity contribution in [1.82, 2.24) is 15.1 Å². The molecule has 3 heterocycles. The van der Waals surface area contributed by atoms with E-state index in [0.29, 0.717) is 25.3 Å². The number of rotatable bonds is 6.